The Balaban J connectivity index is 2.52. The van der Waals surface area contributed by atoms with Gasteiger partial charge in [-0.2, -0.15) is 0 Å². The normalized spacial score (nSPS) is 10.2. The molecule has 0 unspecified atom stereocenters. The Kier molecular flexibility index (Phi) is 5.24. The Morgan fingerprint density at radius 2 is 1.61 bits per heavy atom. The fourth-order valence-corrected chi connectivity index (χ4v) is 1.91. The topological polar surface area (TPSA) is 95.7 Å². The number of aromatic nitrogens is 1. The van der Waals surface area contributed by atoms with E-state index in [-0.39, 0.29) is 30.0 Å². The van der Waals surface area contributed by atoms with E-state index in [9.17, 15) is 14.4 Å². The summed E-state index contributed by atoms with van der Waals surface area (Å²) in [4.78, 5) is 36.5. The molecule has 0 saturated heterocycles. The van der Waals surface area contributed by atoms with Gasteiger partial charge >= 0.3 is 11.9 Å². The second kappa shape index (κ2) is 7.35. The lowest BCUT2D eigenvalue weighted by Crippen LogP contribution is -2.15. The van der Waals surface area contributed by atoms with Crippen molar-refractivity contribution in [1.82, 2.24) is 5.16 Å². The lowest BCUT2D eigenvalue weighted by molar-refractivity contribution is 0.0470. The minimum Gasteiger partial charge on any atom is -0.461 e. The SMILES string of the molecule is CCOC(=O)c1noc(C(=O)OCC)c1C(=O)c1ccccc1. The van der Waals surface area contributed by atoms with Crippen LogP contribution in [0, 0.1) is 0 Å². The van der Waals surface area contributed by atoms with Crippen LogP contribution < -0.4 is 0 Å². The summed E-state index contributed by atoms with van der Waals surface area (Å²) in [6, 6.07) is 8.17. The highest BCUT2D eigenvalue weighted by atomic mass is 16.6. The molecule has 1 heterocycles. The smallest absolute Gasteiger partial charge is 0.377 e. The average Bonchev–Trinajstić information content (AvgIpc) is 3.00. The number of benzene rings is 1. The third-order valence-electron chi connectivity index (χ3n) is 2.88. The van der Waals surface area contributed by atoms with Crippen molar-refractivity contribution < 1.29 is 28.4 Å². The molecule has 0 spiro atoms. The van der Waals surface area contributed by atoms with E-state index < -0.39 is 23.5 Å². The first-order valence-corrected chi connectivity index (χ1v) is 7.03. The van der Waals surface area contributed by atoms with Crippen molar-refractivity contribution in [3.8, 4) is 0 Å². The van der Waals surface area contributed by atoms with Crippen LogP contribution in [0.4, 0.5) is 0 Å². The third-order valence-corrected chi connectivity index (χ3v) is 2.88. The molecular formula is C16H15NO6. The Morgan fingerprint density at radius 3 is 2.22 bits per heavy atom. The summed E-state index contributed by atoms with van der Waals surface area (Å²) in [6.45, 7) is 3.41. The number of ether oxygens (including phenoxy) is 2. The molecule has 0 atom stereocenters. The van der Waals surface area contributed by atoms with Gasteiger partial charge in [0.1, 0.15) is 5.56 Å². The van der Waals surface area contributed by atoms with Crippen molar-refractivity contribution in [3.05, 3.63) is 52.9 Å². The molecule has 0 radical (unpaired) electrons. The molecule has 120 valence electrons. The molecule has 23 heavy (non-hydrogen) atoms. The highest BCUT2D eigenvalue weighted by molar-refractivity contribution is 6.17. The first-order chi connectivity index (χ1) is 11.1. The minimum absolute atomic E-state index is 0.0905. The Labute approximate surface area is 132 Å². The van der Waals surface area contributed by atoms with Gasteiger partial charge in [-0.3, -0.25) is 4.79 Å². The van der Waals surface area contributed by atoms with E-state index >= 15 is 0 Å². The standard InChI is InChI=1S/C16H15NO6/c1-3-21-15(19)12-11(13(18)10-8-6-5-7-9-10)14(23-17-12)16(20)22-4-2/h5-9H,3-4H2,1-2H3. The van der Waals surface area contributed by atoms with E-state index in [0.29, 0.717) is 0 Å². The van der Waals surface area contributed by atoms with Crippen LogP contribution in [0.15, 0.2) is 34.9 Å². The van der Waals surface area contributed by atoms with Crippen molar-refractivity contribution in [2.24, 2.45) is 0 Å². The van der Waals surface area contributed by atoms with E-state index in [1.165, 1.54) is 0 Å². The number of esters is 2. The largest absolute Gasteiger partial charge is 0.461 e. The molecule has 0 aliphatic heterocycles. The minimum atomic E-state index is -0.866. The highest BCUT2D eigenvalue weighted by Crippen LogP contribution is 2.21. The van der Waals surface area contributed by atoms with Gasteiger partial charge in [0.2, 0.25) is 5.69 Å². The van der Waals surface area contributed by atoms with Gasteiger partial charge in [-0.05, 0) is 13.8 Å². The first kappa shape index (κ1) is 16.4. The molecule has 2 rings (SSSR count). The monoisotopic (exact) mass is 317 g/mol. The van der Waals surface area contributed by atoms with Crippen LogP contribution in [-0.2, 0) is 9.47 Å². The molecular weight excluding hydrogens is 302 g/mol. The molecule has 0 saturated carbocycles. The molecule has 7 nitrogen and oxygen atoms in total. The molecule has 7 heteroatoms. The van der Waals surface area contributed by atoms with Gasteiger partial charge in [-0.1, -0.05) is 35.5 Å². The maximum atomic E-state index is 12.7. The van der Waals surface area contributed by atoms with E-state index in [0.717, 1.165) is 0 Å². The summed E-state index contributed by atoms with van der Waals surface area (Å²) >= 11 is 0. The van der Waals surface area contributed by atoms with Crippen molar-refractivity contribution in [3.63, 3.8) is 0 Å². The van der Waals surface area contributed by atoms with E-state index in [4.69, 9.17) is 14.0 Å². The molecule has 0 aliphatic carbocycles. The van der Waals surface area contributed by atoms with Gasteiger partial charge in [-0.25, -0.2) is 9.59 Å². The second-order valence-corrected chi connectivity index (χ2v) is 4.37. The van der Waals surface area contributed by atoms with E-state index in [1.807, 2.05) is 0 Å². The van der Waals surface area contributed by atoms with Gasteiger partial charge in [0.25, 0.3) is 5.76 Å². The van der Waals surface area contributed by atoms with Crippen LogP contribution in [0.5, 0.6) is 0 Å². The van der Waals surface area contributed by atoms with Gasteiger partial charge in [0.15, 0.2) is 5.78 Å². The molecule has 0 fully saturated rings. The summed E-state index contributed by atoms with van der Waals surface area (Å²) in [5.74, 6) is -2.69. The van der Waals surface area contributed by atoms with Gasteiger partial charge < -0.3 is 14.0 Å². The molecule has 1 aromatic carbocycles. The van der Waals surface area contributed by atoms with Crippen LogP contribution in [0.2, 0.25) is 0 Å². The van der Waals surface area contributed by atoms with Crippen LogP contribution in [-0.4, -0.2) is 36.1 Å². The number of rotatable bonds is 6. The third kappa shape index (κ3) is 3.45. The molecule has 0 aliphatic rings. The quantitative estimate of drug-likeness (QED) is 0.595. The summed E-state index contributed by atoms with van der Waals surface area (Å²) in [7, 11) is 0. The van der Waals surface area contributed by atoms with Crippen LogP contribution in [0.1, 0.15) is 50.8 Å². The second-order valence-electron chi connectivity index (χ2n) is 4.37. The zero-order valence-corrected chi connectivity index (χ0v) is 12.7. The molecule has 0 bridgehead atoms. The van der Waals surface area contributed by atoms with Crippen molar-refractivity contribution in [1.29, 1.82) is 0 Å². The summed E-state index contributed by atoms with van der Waals surface area (Å²) in [6.07, 6.45) is 0. The molecule has 0 amide bonds. The zero-order valence-electron chi connectivity index (χ0n) is 12.7. The molecule has 0 N–H and O–H groups in total. The fourth-order valence-electron chi connectivity index (χ4n) is 1.91. The van der Waals surface area contributed by atoms with Crippen LogP contribution in [0.3, 0.4) is 0 Å². The number of ketones is 1. The van der Waals surface area contributed by atoms with Crippen molar-refractivity contribution in [2.75, 3.05) is 13.2 Å². The molecule has 1 aromatic heterocycles. The van der Waals surface area contributed by atoms with Gasteiger partial charge in [-0.15, -0.1) is 0 Å². The Bertz CT molecular complexity index is 684. The lowest BCUT2D eigenvalue weighted by atomic mass is 10.0. The predicted octanol–water partition coefficient (Wildman–Crippen LogP) is 2.26. The number of carbonyl (C=O) groups excluding carboxylic acids is 3. The van der Waals surface area contributed by atoms with Crippen LogP contribution >= 0.6 is 0 Å². The average molecular weight is 317 g/mol. The summed E-state index contributed by atoms with van der Waals surface area (Å²) < 4.78 is 14.5. The number of hydrogen-bond acceptors (Lipinski definition) is 7. The fraction of sp³-hybridized carbons (Fsp3) is 0.250. The highest BCUT2D eigenvalue weighted by Gasteiger charge is 2.33. The first-order valence-electron chi connectivity index (χ1n) is 7.03. The van der Waals surface area contributed by atoms with Gasteiger partial charge in [0, 0.05) is 5.56 Å². The maximum absolute atomic E-state index is 12.7. The van der Waals surface area contributed by atoms with Crippen LogP contribution in [0.25, 0.3) is 0 Å². The summed E-state index contributed by atoms with van der Waals surface area (Å²) in [5, 5.41) is 3.51. The summed E-state index contributed by atoms with van der Waals surface area (Å²) in [5.41, 5.74) is -0.316. The zero-order chi connectivity index (χ0) is 16.8. The van der Waals surface area contributed by atoms with Crippen molar-refractivity contribution in [2.45, 2.75) is 13.8 Å². The Hall–Kier alpha value is -2.96. The number of hydrogen-bond donors (Lipinski definition) is 0. The molecule has 2 aromatic rings. The van der Waals surface area contributed by atoms with E-state index in [1.54, 1.807) is 44.2 Å². The number of carbonyl (C=O) groups is 3. The number of nitrogens with zero attached hydrogens (tertiary/aromatic N) is 1. The predicted molar refractivity (Wildman–Crippen MR) is 78.3 cm³/mol. The Morgan fingerprint density at radius 1 is 1.00 bits per heavy atom. The van der Waals surface area contributed by atoms with Gasteiger partial charge in [0.05, 0.1) is 13.2 Å². The van der Waals surface area contributed by atoms with Crippen molar-refractivity contribution >= 4 is 17.7 Å². The maximum Gasteiger partial charge on any atom is 0.377 e. The van der Waals surface area contributed by atoms with E-state index in [2.05, 4.69) is 5.16 Å². The lowest BCUT2D eigenvalue weighted by Gasteiger charge is -2.03.